The fraction of sp³-hybridized carbons (Fsp3) is 0.562. The number of nitrogens with one attached hydrogen (secondary N) is 1. The number of carbonyl (C=O) groups excluding carboxylic acids is 1. The Kier molecular flexibility index (Phi) is 7.92. The Morgan fingerprint density at radius 2 is 1.95 bits per heavy atom. The fourth-order valence-corrected chi connectivity index (χ4v) is 1.73. The fourth-order valence-electron chi connectivity index (χ4n) is 1.73. The predicted octanol–water partition coefficient (Wildman–Crippen LogP) is 2.38. The third-order valence-electron chi connectivity index (χ3n) is 3.15. The molecule has 1 aromatic carbocycles. The highest BCUT2D eigenvalue weighted by atomic mass is 16.5. The minimum absolute atomic E-state index is 0.149. The molecule has 0 bridgehead atoms. The van der Waals surface area contributed by atoms with Gasteiger partial charge in [0.1, 0.15) is 6.61 Å². The van der Waals surface area contributed by atoms with Crippen molar-refractivity contribution in [3.63, 3.8) is 0 Å². The molecular weight excluding hydrogens is 254 g/mol. The molecule has 0 heterocycles. The van der Waals surface area contributed by atoms with Gasteiger partial charge in [-0.3, -0.25) is 4.79 Å². The molecule has 112 valence electrons. The number of ether oxygens (including phenoxy) is 2. The zero-order valence-corrected chi connectivity index (χ0v) is 12.6. The quantitative estimate of drug-likeness (QED) is 0.705. The van der Waals surface area contributed by atoms with Crippen molar-refractivity contribution >= 4 is 5.97 Å². The van der Waals surface area contributed by atoms with E-state index in [-0.39, 0.29) is 11.9 Å². The zero-order valence-electron chi connectivity index (χ0n) is 12.6. The van der Waals surface area contributed by atoms with Crippen LogP contribution in [-0.2, 0) is 20.9 Å². The van der Waals surface area contributed by atoms with E-state index in [2.05, 4.69) is 12.2 Å². The number of hydrogen-bond donors (Lipinski definition) is 1. The first-order valence-electron chi connectivity index (χ1n) is 7.06. The molecule has 20 heavy (non-hydrogen) atoms. The Morgan fingerprint density at radius 3 is 2.60 bits per heavy atom. The second-order valence-corrected chi connectivity index (χ2v) is 5.09. The molecule has 0 spiro atoms. The van der Waals surface area contributed by atoms with Gasteiger partial charge in [-0.05, 0) is 18.9 Å². The minimum atomic E-state index is -0.166. The average molecular weight is 279 g/mol. The van der Waals surface area contributed by atoms with Gasteiger partial charge in [-0.15, -0.1) is 0 Å². The van der Waals surface area contributed by atoms with Gasteiger partial charge in [0.05, 0.1) is 5.92 Å². The molecule has 0 aliphatic heterocycles. The summed E-state index contributed by atoms with van der Waals surface area (Å²) >= 11 is 0. The van der Waals surface area contributed by atoms with Crippen molar-refractivity contribution < 1.29 is 14.3 Å². The van der Waals surface area contributed by atoms with E-state index in [9.17, 15) is 4.79 Å². The first kappa shape index (κ1) is 16.7. The summed E-state index contributed by atoms with van der Waals surface area (Å²) in [6.45, 7) is 5.65. The lowest BCUT2D eigenvalue weighted by Gasteiger charge is -2.17. The van der Waals surface area contributed by atoms with Crippen molar-refractivity contribution in [2.45, 2.75) is 32.9 Å². The molecule has 4 heteroatoms. The predicted molar refractivity (Wildman–Crippen MR) is 79.4 cm³/mol. The lowest BCUT2D eigenvalue weighted by molar-refractivity contribution is -0.149. The topological polar surface area (TPSA) is 47.6 Å². The molecule has 0 saturated carbocycles. The highest BCUT2D eigenvalue weighted by Crippen LogP contribution is 2.05. The highest BCUT2D eigenvalue weighted by molar-refractivity contribution is 5.72. The number of hydrogen-bond acceptors (Lipinski definition) is 4. The Hall–Kier alpha value is -1.39. The molecule has 1 rings (SSSR count). The Morgan fingerprint density at radius 1 is 1.25 bits per heavy atom. The molecule has 0 amide bonds. The smallest absolute Gasteiger partial charge is 0.310 e. The molecule has 2 unspecified atom stereocenters. The number of esters is 1. The Labute approximate surface area is 121 Å². The van der Waals surface area contributed by atoms with E-state index in [4.69, 9.17) is 9.47 Å². The summed E-state index contributed by atoms with van der Waals surface area (Å²) in [5, 5.41) is 3.32. The molecule has 2 atom stereocenters. The summed E-state index contributed by atoms with van der Waals surface area (Å²) in [5.74, 6) is -0.316. The maximum absolute atomic E-state index is 11.9. The summed E-state index contributed by atoms with van der Waals surface area (Å²) in [4.78, 5) is 11.9. The summed E-state index contributed by atoms with van der Waals surface area (Å²) < 4.78 is 10.3. The summed E-state index contributed by atoms with van der Waals surface area (Å²) in [5.41, 5.74) is 1.01. The van der Waals surface area contributed by atoms with Gasteiger partial charge in [0.15, 0.2) is 0 Å². The molecule has 0 radical (unpaired) electrons. The van der Waals surface area contributed by atoms with Crippen LogP contribution in [0.2, 0.25) is 0 Å². The normalized spacial score (nSPS) is 13.8. The van der Waals surface area contributed by atoms with Crippen molar-refractivity contribution in [3.05, 3.63) is 35.9 Å². The van der Waals surface area contributed by atoms with E-state index < -0.39 is 0 Å². The van der Waals surface area contributed by atoms with Crippen LogP contribution in [0.25, 0.3) is 0 Å². The van der Waals surface area contributed by atoms with Gasteiger partial charge < -0.3 is 14.8 Å². The average Bonchev–Trinajstić information content (AvgIpc) is 2.49. The van der Waals surface area contributed by atoms with Crippen LogP contribution in [0.4, 0.5) is 0 Å². The Bertz CT molecular complexity index is 381. The van der Waals surface area contributed by atoms with Crippen molar-refractivity contribution in [2.24, 2.45) is 5.92 Å². The van der Waals surface area contributed by atoms with Crippen LogP contribution in [0.1, 0.15) is 25.8 Å². The van der Waals surface area contributed by atoms with Gasteiger partial charge in [0.2, 0.25) is 0 Å². The number of rotatable bonds is 9. The van der Waals surface area contributed by atoms with Gasteiger partial charge in [-0.2, -0.15) is 0 Å². The number of carbonyl (C=O) groups is 1. The van der Waals surface area contributed by atoms with E-state index >= 15 is 0 Å². The maximum Gasteiger partial charge on any atom is 0.310 e. The molecule has 0 saturated heterocycles. The molecular formula is C16H25NO3. The number of methoxy groups -OCH3 is 1. The van der Waals surface area contributed by atoms with Gasteiger partial charge >= 0.3 is 5.97 Å². The summed E-state index contributed by atoms with van der Waals surface area (Å²) in [6, 6.07) is 10.0. The molecule has 0 aromatic heterocycles. The van der Waals surface area contributed by atoms with Crippen LogP contribution in [0.15, 0.2) is 30.3 Å². The van der Waals surface area contributed by atoms with E-state index in [0.717, 1.165) is 18.6 Å². The van der Waals surface area contributed by atoms with E-state index in [1.54, 1.807) is 7.11 Å². The van der Waals surface area contributed by atoms with Gasteiger partial charge in [0.25, 0.3) is 0 Å². The first-order chi connectivity index (χ1) is 9.63. The molecule has 4 nitrogen and oxygen atoms in total. The van der Waals surface area contributed by atoms with Crippen LogP contribution in [0.5, 0.6) is 0 Å². The van der Waals surface area contributed by atoms with Gasteiger partial charge in [-0.25, -0.2) is 0 Å². The van der Waals surface area contributed by atoms with Crippen LogP contribution >= 0.6 is 0 Å². The Balaban J connectivity index is 2.22. The lowest BCUT2D eigenvalue weighted by Crippen LogP contribution is -2.34. The van der Waals surface area contributed by atoms with E-state index in [1.165, 1.54) is 0 Å². The van der Waals surface area contributed by atoms with Crippen molar-refractivity contribution in [2.75, 3.05) is 20.3 Å². The molecule has 1 N–H and O–H groups in total. The molecule has 0 fully saturated rings. The van der Waals surface area contributed by atoms with Crippen LogP contribution in [0, 0.1) is 5.92 Å². The molecule has 0 aliphatic rings. The standard InChI is InChI=1S/C16H25NO3/c1-13(11-17-14(2)9-10-19-3)16(18)20-12-15-7-5-4-6-8-15/h4-8,13-14,17H,9-12H2,1-3H3. The molecule has 0 aliphatic carbocycles. The van der Waals surface area contributed by atoms with Gasteiger partial charge in [-0.1, -0.05) is 37.3 Å². The second-order valence-electron chi connectivity index (χ2n) is 5.09. The van der Waals surface area contributed by atoms with E-state index in [0.29, 0.717) is 19.2 Å². The SMILES string of the molecule is COCCC(C)NCC(C)C(=O)OCc1ccccc1. The monoisotopic (exact) mass is 279 g/mol. The van der Waals surface area contributed by atoms with Crippen LogP contribution in [-0.4, -0.2) is 32.3 Å². The van der Waals surface area contributed by atoms with Crippen LogP contribution < -0.4 is 5.32 Å². The zero-order chi connectivity index (χ0) is 14.8. The van der Waals surface area contributed by atoms with Crippen molar-refractivity contribution in [1.29, 1.82) is 0 Å². The second kappa shape index (κ2) is 9.50. The minimum Gasteiger partial charge on any atom is -0.461 e. The van der Waals surface area contributed by atoms with E-state index in [1.807, 2.05) is 37.3 Å². The maximum atomic E-state index is 11.9. The van der Waals surface area contributed by atoms with Crippen LogP contribution in [0.3, 0.4) is 0 Å². The summed E-state index contributed by atoms with van der Waals surface area (Å²) in [7, 11) is 1.69. The van der Waals surface area contributed by atoms with Crippen molar-refractivity contribution in [1.82, 2.24) is 5.32 Å². The third kappa shape index (κ3) is 6.68. The first-order valence-corrected chi connectivity index (χ1v) is 7.06. The highest BCUT2D eigenvalue weighted by Gasteiger charge is 2.15. The summed E-state index contributed by atoms with van der Waals surface area (Å²) in [6.07, 6.45) is 0.933. The number of benzene rings is 1. The van der Waals surface area contributed by atoms with Gasteiger partial charge in [0, 0.05) is 26.3 Å². The van der Waals surface area contributed by atoms with Crippen molar-refractivity contribution in [3.8, 4) is 0 Å². The largest absolute Gasteiger partial charge is 0.461 e. The lowest BCUT2D eigenvalue weighted by atomic mass is 10.1. The third-order valence-corrected chi connectivity index (χ3v) is 3.15. The molecule has 1 aromatic rings.